The second kappa shape index (κ2) is 13.0. The van der Waals surface area contributed by atoms with Crippen LogP contribution in [0.1, 0.15) is 11.1 Å². The number of phenols is 1. The molecule has 5 rings (SSSR count). The van der Waals surface area contributed by atoms with Crippen molar-refractivity contribution in [1.29, 1.82) is 0 Å². The molecule has 0 saturated heterocycles. The average Bonchev–Trinajstić information content (AvgIpc) is 3.34. The Bertz CT molecular complexity index is 2070. The molecule has 0 radical (unpaired) electrons. The lowest BCUT2D eigenvalue weighted by molar-refractivity contribution is -0.382. The molecule has 51 heavy (non-hydrogen) atoms. The molecule has 7 nitrogen and oxygen atoms in total. The molecule has 19 heteroatoms. The van der Waals surface area contributed by atoms with E-state index in [1.54, 1.807) is 46.9 Å². The van der Waals surface area contributed by atoms with E-state index in [0.717, 1.165) is 18.2 Å². The highest BCUT2D eigenvalue weighted by atomic mass is 127. The molecule has 1 N–H and O–H groups in total. The van der Waals surface area contributed by atoms with Crippen LogP contribution in [0.5, 0.6) is 11.5 Å². The number of fused-ring (bicyclic) bond motifs is 3. The third kappa shape index (κ3) is 5.74. The van der Waals surface area contributed by atoms with Crippen LogP contribution in [-0.2, 0) is 29.0 Å². The zero-order chi connectivity index (χ0) is 38.0. The number of aromatic hydroxyl groups is 1. The lowest BCUT2D eigenvalue weighted by Crippen LogP contribution is -2.63. The Morgan fingerprint density at radius 1 is 0.667 bits per heavy atom. The second-order valence-corrected chi connectivity index (χ2v) is 16.4. The van der Waals surface area contributed by atoms with Gasteiger partial charge in [-0.1, -0.05) is 24.3 Å². The summed E-state index contributed by atoms with van der Waals surface area (Å²) < 4.78 is 175. The van der Waals surface area contributed by atoms with Crippen LogP contribution in [0.25, 0.3) is 11.1 Å². The first kappa shape index (κ1) is 39.0. The second-order valence-electron chi connectivity index (χ2n) is 10.8. The molecule has 0 aromatic heterocycles. The molecule has 1 aliphatic rings. The summed E-state index contributed by atoms with van der Waals surface area (Å²) in [5, 5.41) is 2.97. The first-order valence-electron chi connectivity index (χ1n) is 14.1. The fraction of sp³-hybridized carbons (Fsp3) is 0.250. The normalized spacial score (nSPS) is 18.1. The number of hydrogen-bond donors (Lipinski definition) is 1. The van der Waals surface area contributed by atoms with E-state index < -0.39 is 55.2 Å². The van der Waals surface area contributed by atoms with E-state index in [4.69, 9.17) is 17.8 Å². The van der Waals surface area contributed by atoms with Gasteiger partial charge in [-0.2, -0.15) is 47.9 Å². The van der Waals surface area contributed by atoms with Gasteiger partial charge in [-0.25, -0.2) is 3.63 Å². The van der Waals surface area contributed by atoms with Crippen molar-refractivity contribution in [1.82, 2.24) is 0 Å². The van der Waals surface area contributed by atoms with Gasteiger partial charge in [-0.3, -0.25) is 0 Å². The number of phenolic OH excluding ortho intramolecular Hbond substituents is 1. The summed E-state index contributed by atoms with van der Waals surface area (Å²) in [5.41, 5.74) is 0.790. The Labute approximate surface area is 300 Å². The van der Waals surface area contributed by atoms with Crippen LogP contribution in [0, 0.1) is 3.57 Å². The maximum atomic E-state index is 15.3. The SMILES string of the molecule is COc1ccc(C(OC)(OC)c2ccc3c(c2)-c2ccccc2S3(OS(=O)(=O)C(F)(F)C(F)(F)C(F)(F)C(F)(F)F)c2ccc(O)cc2I)cc1. The summed E-state index contributed by atoms with van der Waals surface area (Å²) in [4.78, 5) is -0.780. The molecule has 4 aromatic rings. The van der Waals surface area contributed by atoms with Crippen molar-refractivity contribution < 1.29 is 70.9 Å². The highest BCUT2D eigenvalue weighted by Crippen LogP contribution is 2.78. The molecule has 1 aliphatic heterocycles. The van der Waals surface area contributed by atoms with Crippen molar-refractivity contribution in [2.75, 3.05) is 21.3 Å². The number of methoxy groups -OCH3 is 3. The van der Waals surface area contributed by atoms with Crippen molar-refractivity contribution in [3.63, 3.8) is 0 Å². The molecular weight excluding hydrogens is 858 g/mol. The van der Waals surface area contributed by atoms with Crippen molar-refractivity contribution >= 4 is 43.0 Å². The zero-order valence-electron chi connectivity index (χ0n) is 26.1. The summed E-state index contributed by atoms with van der Waals surface area (Å²) >= 11 is 1.57. The number of benzene rings is 4. The molecule has 0 aliphatic carbocycles. The molecule has 0 amide bonds. The maximum absolute atomic E-state index is 15.3. The summed E-state index contributed by atoms with van der Waals surface area (Å²) in [6, 6.07) is 18.8. The van der Waals surface area contributed by atoms with Crippen molar-refractivity contribution in [3.8, 4) is 22.6 Å². The highest BCUT2D eigenvalue weighted by molar-refractivity contribution is 14.1. The molecule has 1 unspecified atom stereocenters. The average molecular weight is 883 g/mol. The molecule has 276 valence electrons. The molecule has 1 heterocycles. The lowest BCUT2D eigenvalue weighted by atomic mass is 9.93. The van der Waals surface area contributed by atoms with Crippen LogP contribution in [-0.4, -0.2) is 58.1 Å². The Kier molecular flexibility index (Phi) is 9.94. The van der Waals surface area contributed by atoms with E-state index in [1.807, 2.05) is 0 Å². The van der Waals surface area contributed by atoms with Gasteiger partial charge in [0, 0.05) is 43.6 Å². The summed E-state index contributed by atoms with van der Waals surface area (Å²) in [7, 11) is -7.65. The number of rotatable bonds is 11. The molecule has 4 aromatic carbocycles. The van der Waals surface area contributed by atoms with E-state index >= 15 is 8.78 Å². The van der Waals surface area contributed by atoms with Crippen LogP contribution in [0.15, 0.2) is 99.6 Å². The van der Waals surface area contributed by atoms with Gasteiger partial charge in [0.2, 0.25) is 5.79 Å². The van der Waals surface area contributed by atoms with Crippen LogP contribution < -0.4 is 4.74 Å². The van der Waals surface area contributed by atoms with Gasteiger partial charge in [0.25, 0.3) is 0 Å². The van der Waals surface area contributed by atoms with Crippen LogP contribution in [0.2, 0.25) is 0 Å². The number of hydrogen-bond acceptors (Lipinski definition) is 7. The van der Waals surface area contributed by atoms with Crippen LogP contribution in [0.4, 0.5) is 39.5 Å². The van der Waals surface area contributed by atoms with Crippen molar-refractivity contribution in [3.05, 3.63) is 99.6 Å². The fourth-order valence-electron chi connectivity index (χ4n) is 5.55. The predicted octanol–water partition coefficient (Wildman–Crippen LogP) is 9.45. The first-order chi connectivity index (χ1) is 23.6. The molecule has 1 atom stereocenters. The van der Waals surface area contributed by atoms with Crippen molar-refractivity contribution in [2.24, 2.45) is 0 Å². The Morgan fingerprint density at radius 2 is 1.22 bits per heavy atom. The van der Waals surface area contributed by atoms with Gasteiger partial charge in [0.15, 0.2) is 0 Å². The molecule has 0 spiro atoms. The minimum Gasteiger partial charge on any atom is -0.508 e. The van der Waals surface area contributed by atoms with Gasteiger partial charge in [-0.15, -0.1) is 0 Å². The van der Waals surface area contributed by atoms with Crippen LogP contribution >= 0.6 is 32.9 Å². The predicted molar refractivity (Wildman–Crippen MR) is 174 cm³/mol. The van der Waals surface area contributed by atoms with Gasteiger partial charge >= 0.3 is 33.4 Å². The molecular formula is C32H24F9IO7S2. The highest BCUT2D eigenvalue weighted by Gasteiger charge is 2.86. The summed E-state index contributed by atoms with van der Waals surface area (Å²) in [6.45, 7) is 0. The Balaban J connectivity index is 1.82. The first-order valence-corrected chi connectivity index (χ1v) is 18.1. The third-order valence-corrected chi connectivity index (χ3v) is 14.6. The third-order valence-electron chi connectivity index (χ3n) is 8.05. The van der Waals surface area contributed by atoms with Gasteiger partial charge in [-0.05, 0) is 105 Å². The maximum Gasteiger partial charge on any atom is 0.460 e. The molecule has 0 bridgehead atoms. The number of ether oxygens (including phenoxy) is 3. The Morgan fingerprint density at radius 3 is 1.76 bits per heavy atom. The van der Waals surface area contributed by atoms with Crippen LogP contribution in [0.3, 0.4) is 0 Å². The van der Waals surface area contributed by atoms with E-state index in [-0.39, 0.29) is 34.9 Å². The minimum atomic E-state index is -7.54. The van der Waals surface area contributed by atoms with E-state index in [2.05, 4.69) is 0 Å². The van der Waals surface area contributed by atoms with E-state index in [9.17, 15) is 44.3 Å². The smallest absolute Gasteiger partial charge is 0.460 e. The zero-order valence-corrected chi connectivity index (χ0v) is 29.9. The molecule has 0 saturated carbocycles. The molecule has 0 fully saturated rings. The Hall–Kier alpha value is -3.24. The van der Waals surface area contributed by atoms with Gasteiger partial charge in [0.1, 0.15) is 11.5 Å². The van der Waals surface area contributed by atoms with E-state index in [0.29, 0.717) is 11.3 Å². The summed E-state index contributed by atoms with van der Waals surface area (Å²) in [6.07, 6.45) is -7.28. The van der Waals surface area contributed by atoms with E-state index in [1.165, 1.54) is 63.8 Å². The van der Waals surface area contributed by atoms with Gasteiger partial charge in [0.05, 0.1) is 7.11 Å². The largest absolute Gasteiger partial charge is 0.508 e. The lowest BCUT2D eigenvalue weighted by Gasteiger charge is -2.40. The topological polar surface area (TPSA) is 91.3 Å². The quantitative estimate of drug-likeness (QED) is 0.0913. The monoisotopic (exact) mass is 882 g/mol. The number of alkyl halides is 9. The van der Waals surface area contributed by atoms with Crippen molar-refractivity contribution in [2.45, 2.75) is 43.7 Å². The number of halogens is 10. The van der Waals surface area contributed by atoms with Gasteiger partial charge < -0.3 is 19.3 Å². The minimum absolute atomic E-state index is 0.0554. The fourth-order valence-corrected chi connectivity index (χ4v) is 12.5. The summed E-state index contributed by atoms with van der Waals surface area (Å²) in [5.74, 6) is -16.7. The standard InChI is InChI=1S/C32H24F9IO7S2/c1-46-21-12-8-18(9-13-21)28(47-2,48-3)19-10-14-26-23(16-19)22-6-4-5-7-25(22)50(26,27-15-11-20(43)17-24(27)42)49-51(44,45)32(40,41)30(35,36)29(33,34)31(37,38)39/h4-17,43H,1-3H3.